The van der Waals surface area contributed by atoms with Gasteiger partial charge in [-0.3, -0.25) is 4.79 Å². The van der Waals surface area contributed by atoms with E-state index in [1.165, 1.54) is 56.7 Å². The van der Waals surface area contributed by atoms with Crippen LogP contribution in [0.25, 0.3) is 6.08 Å². The Morgan fingerprint density at radius 2 is 1.69 bits per heavy atom. The number of carbonyl (C=O) groups excluding carboxylic acids is 1. The smallest absolute Gasteiger partial charge is 0.271 e. The molecule has 0 radical (unpaired) electrons. The highest BCUT2D eigenvalue weighted by Gasteiger charge is 2.30. The fourth-order valence-electron chi connectivity index (χ4n) is 3.34. The largest absolute Gasteiger partial charge is 0.495 e. The van der Waals surface area contributed by atoms with Crippen molar-refractivity contribution in [1.82, 2.24) is 0 Å². The number of sulfonamides is 1. The van der Waals surface area contributed by atoms with Crippen LogP contribution in [0.5, 0.6) is 17.2 Å². The lowest BCUT2D eigenvalue weighted by atomic mass is 10.2. The standard InChI is InChI=1S/C26H25BrClNO6S/c1-5-35-26-21(27)14-18(15-24(26)34-4)8-13-25(30)29(19-9-12-23(33-3)22(28)16-19)36(31,32)20-10-6-17(2)7-11-20/h6-16H,5H2,1-4H3/b13-8+. The molecular weight excluding hydrogens is 570 g/mol. The maximum atomic E-state index is 13.6. The van der Waals surface area contributed by atoms with E-state index in [9.17, 15) is 13.2 Å². The molecule has 0 atom stereocenters. The lowest BCUT2D eigenvalue weighted by Gasteiger charge is -2.22. The summed E-state index contributed by atoms with van der Waals surface area (Å²) in [5.41, 5.74) is 1.55. The number of rotatable bonds is 9. The third kappa shape index (κ3) is 6.03. The fourth-order valence-corrected chi connectivity index (χ4v) is 5.54. The number of amides is 1. The molecule has 3 rings (SSSR count). The summed E-state index contributed by atoms with van der Waals surface area (Å²) >= 11 is 9.70. The van der Waals surface area contributed by atoms with Crippen LogP contribution in [0, 0.1) is 6.92 Å². The Balaban J connectivity index is 2.07. The molecule has 0 N–H and O–H groups in total. The average Bonchev–Trinajstić information content (AvgIpc) is 2.84. The predicted molar refractivity (Wildman–Crippen MR) is 145 cm³/mol. The molecule has 0 fully saturated rings. The van der Waals surface area contributed by atoms with Crippen LogP contribution >= 0.6 is 27.5 Å². The van der Waals surface area contributed by atoms with Gasteiger partial charge in [-0.1, -0.05) is 29.3 Å². The SMILES string of the molecule is CCOc1c(Br)cc(/C=C/C(=O)N(c2ccc(OC)c(Cl)c2)S(=O)(=O)c2ccc(C)cc2)cc1OC. The number of anilines is 1. The second kappa shape index (κ2) is 11.8. The van der Waals surface area contributed by atoms with Gasteiger partial charge < -0.3 is 14.2 Å². The van der Waals surface area contributed by atoms with E-state index in [2.05, 4.69) is 15.9 Å². The molecule has 7 nitrogen and oxygen atoms in total. The van der Waals surface area contributed by atoms with E-state index in [4.69, 9.17) is 25.8 Å². The highest BCUT2D eigenvalue weighted by Crippen LogP contribution is 2.37. The first-order valence-electron chi connectivity index (χ1n) is 10.8. The van der Waals surface area contributed by atoms with Gasteiger partial charge in [0.25, 0.3) is 15.9 Å². The van der Waals surface area contributed by atoms with Crippen molar-refractivity contribution < 1.29 is 27.4 Å². The summed E-state index contributed by atoms with van der Waals surface area (Å²) in [4.78, 5) is 13.4. The Kier molecular flexibility index (Phi) is 9.05. The molecule has 1 amide bonds. The number of hydrogen-bond acceptors (Lipinski definition) is 6. The predicted octanol–water partition coefficient (Wildman–Crippen LogP) is 6.26. The first-order valence-corrected chi connectivity index (χ1v) is 13.4. The van der Waals surface area contributed by atoms with Crippen LogP contribution in [-0.2, 0) is 14.8 Å². The minimum absolute atomic E-state index is 0.0349. The zero-order chi connectivity index (χ0) is 26.5. The second-order valence-corrected chi connectivity index (χ2v) is 10.6. The minimum atomic E-state index is -4.27. The van der Waals surface area contributed by atoms with Gasteiger partial charge in [0.15, 0.2) is 11.5 Å². The highest BCUT2D eigenvalue weighted by atomic mass is 79.9. The summed E-state index contributed by atoms with van der Waals surface area (Å²) in [5, 5.41) is 0.163. The van der Waals surface area contributed by atoms with Gasteiger partial charge in [-0.2, -0.15) is 4.31 Å². The summed E-state index contributed by atoms with van der Waals surface area (Å²) in [6.07, 6.45) is 2.67. The van der Waals surface area contributed by atoms with Crippen molar-refractivity contribution in [3.05, 3.63) is 81.3 Å². The van der Waals surface area contributed by atoms with Crippen molar-refractivity contribution in [2.75, 3.05) is 25.1 Å². The molecule has 0 spiro atoms. The Labute approximate surface area is 224 Å². The van der Waals surface area contributed by atoms with E-state index >= 15 is 0 Å². The van der Waals surface area contributed by atoms with Crippen molar-refractivity contribution in [2.24, 2.45) is 0 Å². The number of aryl methyl sites for hydroxylation is 1. The molecule has 0 bridgehead atoms. The first kappa shape index (κ1) is 27.6. The van der Waals surface area contributed by atoms with Gasteiger partial charge >= 0.3 is 0 Å². The van der Waals surface area contributed by atoms with Crippen molar-refractivity contribution in [1.29, 1.82) is 0 Å². The molecule has 0 aliphatic heterocycles. The molecule has 0 saturated heterocycles. The van der Waals surface area contributed by atoms with Crippen molar-refractivity contribution in [3.63, 3.8) is 0 Å². The number of benzene rings is 3. The van der Waals surface area contributed by atoms with Crippen LogP contribution in [0.3, 0.4) is 0 Å². The molecule has 0 aliphatic carbocycles. The molecule has 0 unspecified atom stereocenters. The molecule has 190 valence electrons. The Hall–Kier alpha value is -3.01. The highest BCUT2D eigenvalue weighted by molar-refractivity contribution is 9.10. The van der Waals surface area contributed by atoms with Crippen LogP contribution in [0.1, 0.15) is 18.1 Å². The number of carbonyl (C=O) groups is 1. The van der Waals surface area contributed by atoms with E-state index in [1.54, 1.807) is 24.3 Å². The van der Waals surface area contributed by atoms with Crippen LogP contribution in [0.4, 0.5) is 5.69 Å². The molecular formula is C26H25BrClNO6S. The van der Waals surface area contributed by atoms with Crippen molar-refractivity contribution in [2.45, 2.75) is 18.7 Å². The molecule has 10 heteroatoms. The Bertz CT molecular complexity index is 1390. The number of methoxy groups -OCH3 is 2. The van der Waals surface area contributed by atoms with Crippen LogP contribution in [-0.4, -0.2) is 35.2 Å². The van der Waals surface area contributed by atoms with E-state index in [0.29, 0.717) is 38.2 Å². The lowest BCUT2D eigenvalue weighted by Crippen LogP contribution is -2.35. The maximum Gasteiger partial charge on any atom is 0.271 e. The van der Waals surface area contributed by atoms with E-state index in [0.717, 1.165) is 5.56 Å². The topological polar surface area (TPSA) is 82.1 Å². The molecule has 0 aromatic heterocycles. The number of hydrogen-bond donors (Lipinski definition) is 0. The Morgan fingerprint density at radius 3 is 2.28 bits per heavy atom. The van der Waals surface area contributed by atoms with Gasteiger partial charge in [0.05, 0.1) is 40.9 Å². The van der Waals surface area contributed by atoms with Gasteiger partial charge in [-0.25, -0.2) is 8.42 Å². The van der Waals surface area contributed by atoms with Gasteiger partial charge in [0, 0.05) is 6.08 Å². The summed E-state index contributed by atoms with van der Waals surface area (Å²) in [7, 11) is -1.32. The third-order valence-corrected chi connectivity index (χ3v) is 7.71. The summed E-state index contributed by atoms with van der Waals surface area (Å²) in [6, 6.07) is 14.0. The molecule has 3 aromatic rings. The minimum Gasteiger partial charge on any atom is -0.495 e. The Morgan fingerprint density at radius 1 is 1.03 bits per heavy atom. The molecule has 36 heavy (non-hydrogen) atoms. The zero-order valence-electron chi connectivity index (χ0n) is 20.1. The molecule has 0 aliphatic rings. The van der Waals surface area contributed by atoms with E-state index < -0.39 is 15.9 Å². The summed E-state index contributed by atoms with van der Waals surface area (Å²) < 4.78 is 44.7. The van der Waals surface area contributed by atoms with Crippen molar-refractivity contribution in [3.8, 4) is 17.2 Å². The number of halogens is 2. The molecule has 0 heterocycles. The monoisotopic (exact) mass is 593 g/mol. The number of nitrogens with zero attached hydrogens (tertiary/aromatic N) is 1. The maximum absolute atomic E-state index is 13.6. The van der Waals surface area contributed by atoms with Crippen LogP contribution in [0.2, 0.25) is 5.02 Å². The zero-order valence-corrected chi connectivity index (χ0v) is 23.3. The van der Waals surface area contributed by atoms with E-state index in [1.807, 2.05) is 13.8 Å². The van der Waals surface area contributed by atoms with Gasteiger partial charge in [-0.05, 0) is 83.9 Å². The first-order chi connectivity index (χ1) is 17.1. The molecule has 0 saturated carbocycles. The quantitative estimate of drug-likeness (QED) is 0.272. The van der Waals surface area contributed by atoms with Crippen molar-refractivity contribution >= 4 is 55.2 Å². The lowest BCUT2D eigenvalue weighted by molar-refractivity contribution is -0.113. The van der Waals surface area contributed by atoms with Crippen LogP contribution in [0.15, 0.2) is 70.0 Å². The summed E-state index contributed by atoms with van der Waals surface area (Å²) in [5.74, 6) is 0.549. The number of ether oxygens (including phenoxy) is 3. The fraction of sp³-hybridized carbons (Fsp3) is 0.192. The van der Waals surface area contributed by atoms with Crippen LogP contribution < -0.4 is 18.5 Å². The molecule has 3 aromatic carbocycles. The summed E-state index contributed by atoms with van der Waals surface area (Å²) in [6.45, 7) is 4.14. The van der Waals surface area contributed by atoms with Gasteiger partial charge in [0.1, 0.15) is 5.75 Å². The second-order valence-electron chi connectivity index (χ2n) is 7.54. The average molecular weight is 595 g/mol. The normalized spacial score (nSPS) is 11.4. The van der Waals surface area contributed by atoms with E-state index in [-0.39, 0.29) is 15.6 Å². The van der Waals surface area contributed by atoms with Gasteiger partial charge in [0.2, 0.25) is 0 Å². The third-order valence-electron chi connectivity index (χ3n) is 5.09. The van der Waals surface area contributed by atoms with Gasteiger partial charge in [-0.15, -0.1) is 0 Å².